The molecule has 0 aliphatic carbocycles. The third kappa shape index (κ3) is 2.85. The van der Waals surface area contributed by atoms with Gasteiger partial charge in [0, 0.05) is 27.2 Å². The first-order chi connectivity index (χ1) is 6.85. The highest BCUT2D eigenvalue weighted by Gasteiger charge is 2.31. The van der Waals surface area contributed by atoms with Crippen LogP contribution in [0, 0.1) is 0 Å². The van der Waals surface area contributed by atoms with Crippen LogP contribution in [0.25, 0.3) is 0 Å². The van der Waals surface area contributed by atoms with Gasteiger partial charge in [0.15, 0.2) is 0 Å². The van der Waals surface area contributed by atoms with Gasteiger partial charge in [-0.15, -0.1) is 0 Å². The standard InChI is InChI=1S/C7H15N3O3S2/c1-9(2)15(11,12)10-3-4-13-6(5-10)7(8)14/h6H,3-5H2,1-2H3,(H2,8,14). The zero-order valence-corrected chi connectivity index (χ0v) is 10.3. The molecule has 0 aromatic carbocycles. The van der Waals surface area contributed by atoms with Crippen molar-refractivity contribution in [2.45, 2.75) is 6.10 Å². The van der Waals surface area contributed by atoms with E-state index in [4.69, 9.17) is 22.7 Å². The van der Waals surface area contributed by atoms with Crippen molar-refractivity contribution in [3.8, 4) is 0 Å². The lowest BCUT2D eigenvalue weighted by molar-refractivity contribution is 0.0370. The Kier molecular flexibility index (Phi) is 4.01. The first-order valence-corrected chi connectivity index (χ1v) is 6.24. The topological polar surface area (TPSA) is 75.9 Å². The lowest BCUT2D eigenvalue weighted by Crippen LogP contribution is -2.52. The fourth-order valence-corrected chi connectivity index (χ4v) is 2.47. The van der Waals surface area contributed by atoms with E-state index < -0.39 is 16.3 Å². The Bertz CT molecular complexity index is 341. The van der Waals surface area contributed by atoms with Crippen LogP contribution in [0.15, 0.2) is 0 Å². The van der Waals surface area contributed by atoms with Crippen LogP contribution < -0.4 is 5.73 Å². The van der Waals surface area contributed by atoms with E-state index in [2.05, 4.69) is 0 Å². The van der Waals surface area contributed by atoms with Crippen molar-refractivity contribution < 1.29 is 13.2 Å². The van der Waals surface area contributed by atoms with Gasteiger partial charge in [0.25, 0.3) is 10.2 Å². The molecule has 1 fully saturated rings. The summed E-state index contributed by atoms with van der Waals surface area (Å²) < 4.78 is 31.3. The summed E-state index contributed by atoms with van der Waals surface area (Å²) in [5.74, 6) is 0. The predicted octanol–water partition coefficient (Wildman–Crippen LogP) is -1.22. The minimum atomic E-state index is -3.39. The van der Waals surface area contributed by atoms with Crippen molar-refractivity contribution in [1.29, 1.82) is 0 Å². The summed E-state index contributed by atoms with van der Waals surface area (Å²) in [6, 6.07) is 0. The second kappa shape index (κ2) is 4.71. The predicted molar refractivity (Wildman–Crippen MR) is 60.7 cm³/mol. The molecule has 8 heteroatoms. The first-order valence-electron chi connectivity index (χ1n) is 4.44. The second-order valence-corrected chi connectivity index (χ2v) is 6.02. The molecule has 0 radical (unpaired) electrons. The molecule has 6 nitrogen and oxygen atoms in total. The van der Waals surface area contributed by atoms with Crippen molar-refractivity contribution >= 4 is 27.4 Å². The monoisotopic (exact) mass is 253 g/mol. The number of thiocarbonyl (C=S) groups is 1. The van der Waals surface area contributed by atoms with Gasteiger partial charge >= 0.3 is 0 Å². The molecule has 0 bridgehead atoms. The number of nitrogens with zero attached hydrogens (tertiary/aromatic N) is 2. The van der Waals surface area contributed by atoms with Crippen molar-refractivity contribution in [2.24, 2.45) is 5.73 Å². The number of hydrogen-bond acceptors (Lipinski definition) is 4. The van der Waals surface area contributed by atoms with Gasteiger partial charge in [0.1, 0.15) is 11.1 Å². The normalized spacial score (nSPS) is 24.3. The van der Waals surface area contributed by atoms with E-state index in [1.807, 2.05) is 0 Å². The van der Waals surface area contributed by atoms with Crippen molar-refractivity contribution in [2.75, 3.05) is 33.8 Å². The fourth-order valence-electron chi connectivity index (χ4n) is 1.24. The van der Waals surface area contributed by atoms with Gasteiger partial charge in [-0.2, -0.15) is 17.0 Å². The van der Waals surface area contributed by atoms with Gasteiger partial charge < -0.3 is 10.5 Å². The molecule has 2 N–H and O–H groups in total. The largest absolute Gasteiger partial charge is 0.391 e. The smallest absolute Gasteiger partial charge is 0.281 e. The van der Waals surface area contributed by atoms with Crippen molar-refractivity contribution in [1.82, 2.24) is 8.61 Å². The van der Waals surface area contributed by atoms with E-state index >= 15 is 0 Å². The summed E-state index contributed by atoms with van der Waals surface area (Å²) in [7, 11) is -0.422. The Morgan fingerprint density at radius 2 is 2.20 bits per heavy atom. The molecule has 1 aliphatic heterocycles. The van der Waals surface area contributed by atoms with E-state index in [0.29, 0.717) is 13.2 Å². The highest BCUT2D eigenvalue weighted by atomic mass is 32.2. The zero-order valence-electron chi connectivity index (χ0n) is 8.71. The van der Waals surface area contributed by atoms with Gasteiger partial charge in [-0.25, -0.2) is 0 Å². The minimum absolute atomic E-state index is 0.189. The maximum atomic E-state index is 11.8. The van der Waals surface area contributed by atoms with Crippen molar-refractivity contribution in [3.05, 3.63) is 0 Å². The molecule has 1 unspecified atom stereocenters. The van der Waals surface area contributed by atoms with Crippen LogP contribution in [0.2, 0.25) is 0 Å². The molecule has 0 spiro atoms. The SMILES string of the molecule is CN(C)S(=O)(=O)N1CCOC(C(N)=S)C1. The Morgan fingerprint density at radius 1 is 1.60 bits per heavy atom. The molecule has 88 valence electrons. The van der Waals surface area contributed by atoms with Gasteiger partial charge in [0.05, 0.1) is 6.61 Å². The van der Waals surface area contributed by atoms with Crippen LogP contribution >= 0.6 is 12.2 Å². The zero-order chi connectivity index (χ0) is 11.6. The fraction of sp³-hybridized carbons (Fsp3) is 0.857. The number of nitrogens with two attached hydrogens (primary N) is 1. The molecule has 1 aliphatic rings. The molecule has 0 aromatic rings. The Balaban J connectivity index is 2.77. The molecule has 15 heavy (non-hydrogen) atoms. The molecule has 1 saturated heterocycles. The summed E-state index contributed by atoms with van der Waals surface area (Å²) in [6.45, 7) is 0.838. The van der Waals surface area contributed by atoms with Gasteiger partial charge in [0.2, 0.25) is 0 Å². The molecular formula is C7H15N3O3S2. The number of rotatable bonds is 3. The van der Waals surface area contributed by atoms with E-state index in [1.54, 1.807) is 0 Å². The van der Waals surface area contributed by atoms with Gasteiger partial charge in [-0.3, -0.25) is 0 Å². The average Bonchev–Trinajstić information content (AvgIpc) is 2.17. The first kappa shape index (κ1) is 12.8. The van der Waals surface area contributed by atoms with E-state index in [1.165, 1.54) is 18.4 Å². The van der Waals surface area contributed by atoms with Gasteiger partial charge in [-0.1, -0.05) is 12.2 Å². The summed E-state index contributed by atoms with van der Waals surface area (Å²) in [5, 5.41) is 0. The van der Waals surface area contributed by atoms with Crippen LogP contribution in [0.5, 0.6) is 0 Å². The van der Waals surface area contributed by atoms with E-state index in [9.17, 15) is 8.42 Å². The molecule has 0 amide bonds. The Morgan fingerprint density at radius 3 is 2.67 bits per heavy atom. The lowest BCUT2D eigenvalue weighted by atomic mass is 10.3. The molecule has 1 atom stereocenters. The third-order valence-corrected chi connectivity index (χ3v) is 4.30. The molecular weight excluding hydrogens is 238 g/mol. The summed E-state index contributed by atoms with van der Waals surface area (Å²) in [5.41, 5.74) is 5.42. The van der Waals surface area contributed by atoms with Gasteiger partial charge in [-0.05, 0) is 0 Å². The quantitative estimate of drug-likeness (QED) is 0.638. The Labute approximate surface area is 95.2 Å². The minimum Gasteiger partial charge on any atom is -0.391 e. The number of morpholine rings is 1. The number of ether oxygens (including phenoxy) is 1. The van der Waals surface area contributed by atoms with Crippen molar-refractivity contribution in [3.63, 3.8) is 0 Å². The second-order valence-electron chi connectivity index (χ2n) is 3.41. The van der Waals surface area contributed by atoms with E-state index in [0.717, 1.165) is 4.31 Å². The molecule has 1 heterocycles. The van der Waals surface area contributed by atoms with Crippen LogP contribution in [-0.4, -0.2) is 61.9 Å². The number of hydrogen-bond donors (Lipinski definition) is 1. The van der Waals surface area contributed by atoms with Crippen LogP contribution in [-0.2, 0) is 14.9 Å². The lowest BCUT2D eigenvalue weighted by Gasteiger charge is -2.32. The van der Waals surface area contributed by atoms with E-state index in [-0.39, 0.29) is 11.5 Å². The molecule has 0 aromatic heterocycles. The summed E-state index contributed by atoms with van der Waals surface area (Å²) in [4.78, 5) is 0.189. The van der Waals surface area contributed by atoms with Crippen LogP contribution in [0.4, 0.5) is 0 Å². The van der Waals surface area contributed by atoms with Crippen LogP contribution in [0.3, 0.4) is 0 Å². The summed E-state index contributed by atoms with van der Waals surface area (Å²) in [6.07, 6.45) is -0.483. The summed E-state index contributed by atoms with van der Waals surface area (Å²) >= 11 is 4.77. The average molecular weight is 253 g/mol. The third-order valence-electron chi connectivity index (χ3n) is 2.13. The Hall–Kier alpha value is -0.280. The molecule has 1 rings (SSSR count). The maximum absolute atomic E-state index is 11.8. The highest BCUT2D eigenvalue weighted by molar-refractivity contribution is 7.86. The van der Waals surface area contributed by atoms with Crippen LogP contribution in [0.1, 0.15) is 0 Å². The highest BCUT2D eigenvalue weighted by Crippen LogP contribution is 2.11. The molecule has 0 saturated carbocycles. The maximum Gasteiger partial charge on any atom is 0.281 e.